The number of nitrogen functional groups attached to an aromatic ring is 1. The first-order chi connectivity index (χ1) is 8.63. The molecule has 0 atom stereocenters. The summed E-state index contributed by atoms with van der Waals surface area (Å²) in [5.74, 6) is 0. The van der Waals surface area contributed by atoms with E-state index in [9.17, 15) is 0 Å². The molecule has 2 aromatic rings. The van der Waals surface area contributed by atoms with Crippen molar-refractivity contribution >= 4 is 28.6 Å². The highest BCUT2D eigenvalue weighted by molar-refractivity contribution is 7.16. The molecule has 0 bridgehead atoms. The first kappa shape index (κ1) is 13.4. The molecule has 0 saturated heterocycles. The van der Waals surface area contributed by atoms with E-state index in [4.69, 9.17) is 17.3 Å². The fourth-order valence-electron chi connectivity index (χ4n) is 1.85. The third-order valence-electron chi connectivity index (χ3n) is 2.79. The van der Waals surface area contributed by atoms with E-state index in [1.54, 1.807) is 11.3 Å². The number of benzene rings is 1. The fourth-order valence-corrected chi connectivity index (χ4v) is 3.02. The lowest BCUT2D eigenvalue weighted by atomic mass is 10.1. The van der Waals surface area contributed by atoms with E-state index in [1.165, 1.54) is 10.4 Å². The predicted octanol–water partition coefficient (Wildman–Crippen LogP) is 3.66. The van der Waals surface area contributed by atoms with Crippen LogP contribution in [0.5, 0.6) is 0 Å². The van der Waals surface area contributed by atoms with Crippen LogP contribution in [0, 0.1) is 0 Å². The van der Waals surface area contributed by atoms with Crippen molar-refractivity contribution in [2.45, 2.75) is 13.0 Å². The minimum Gasteiger partial charge on any atom is -0.399 e. The van der Waals surface area contributed by atoms with Crippen LogP contribution >= 0.6 is 22.9 Å². The molecule has 96 valence electrons. The summed E-state index contributed by atoms with van der Waals surface area (Å²) in [5.41, 5.74) is 7.88. The Balaban J connectivity index is 1.83. The van der Waals surface area contributed by atoms with E-state index in [0.717, 1.165) is 29.5 Å². The van der Waals surface area contributed by atoms with E-state index >= 15 is 0 Å². The molecule has 4 heteroatoms. The molecule has 0 aliphatic rings. The van der Waals surface area contributed by atoms with Gasteiger partial charge < -0.3 is 10.6 Å². The summed E-state index contributed by atoms with van der Waals surface area (Å²) < 4.78 is 0.856. The second-order valence-electron chi connectivity index (χ2n) is 4.44. The standard InChI is InChI=1S/C14H17ClN2S/c1-17(10-13-5-6-14(15)18-13)8-7-11-3-2-4-12(16)9-11/h2-6,9H,7-8,10,16H2,1H3. The Morgan fingerprint density at radius 2 is 2.11 bits per heavy atom. The lowest BCUT2D eigenvalue weighted by molar-refractivity contribution is 0.334. The Bertz CT molecular complexity index is 510. The maximum atomic E-state index is 5.92. The largest absolute Gasteiger partial charge is 0.399 e. The lowest BCUT2D eigenvalue weighted by Gasteiger charge is -2.15. The van der Waals surface area contributed by atoms with Gasteiger partial charge in [0.2, 0.25) is 0 Å². The fraction of sp³-hybridized carbons (Fsp3) is 0.286. The van der Waals surface area contributed by atoms with Crippen molar-refractivity contribution in [1.82, 2.24) is 4.90 Å². The molecule has 0 unspecified atom stereocenters. The molecular formula is C14H17ClN2S. The van der Waals surface area contributed by atoms with E-state index in [1.807, 2.05) is 24.3 Å². The number of hydrogen-bond acceptors (Lipinski definition) is 3. The van der Waals surface area contributed by atoms with Crippen molar-refractivity contribution in [2.75, 3.05) is 19.3 Å². The number of hydrogen-bond donors (Lipinski definition) is 1. The number of likely N-dealkylation sites (N-methyl/N-ethyl adjacent to an activating group) is 1. The summed E-state index contributed by atoms with van der Waals surface area (Å²) in [7, 11) is 2.12. The molecule has 1 heterocycles. The minimum atomic E-state index is 0.834. The lowest BCUT2D eigenvalue weighted by Crippen LogP contribution is -2.20. The number of anilines is 1. The first-order valence-corrected chi connectivity index (χ1v) is 7.10. The Hall–Kier alpha value is -1.03. The van der Waals surface area contributed by atoms with Crippen LogP contribution in [0.4, 0.5) is 5.69 Å². The number of nitrogens with two attached hydrogens (primary N) is 1. The van der Waals surface area contributed by atoms with Crippen LogP contribution in [0.25, 0.3) is 0 Å². The van der Waals surface area contributed by atoms with Crippen molar-refractivity contribution in [2.24, 2.45) is 0 Å². The minimum absolute atomic E-state index is 0.834. The van der Waals surface area contributed by atoms with E-state index in [2.05, 4.69) is 24.1 Å². The Kier molecular flexibility index (Phi) is 4.64. The highest BCUT2D eigenvalue weighted by atomic mass is 35.5. The third kappa shape index (κ3) is 4.02. The van der Waals surface area contributed by atoms with Gasteiger partial charge in [0.1, 0.15) is 0 Å². The average Bonchev–Trinajstić information content (AvgIpc) is 2.72. The van der Waals surface area contributed by atoms with Gasteiger partial charge in [-0.2, -0.15) is 0 Å². The molecule has 0 aliphatic heterocycles. The summed E-state index contributed by atoms with van der Waals surface area (Å²) in [6, 6.07) is 12.1. The van der Waals surface area contributed by atoms with Gasteiger partial charge in [-0.3, -0.25) is 0 Å². The Labute approximate surface area is 117 Å². The van der Waals surface area contributed by atoms with Gasteiger partial charge in [-0.25, -0.2) is 0 Å². The van der Waals surface area contributed by atoms with Crippen molar-refractivity contribution in [3.63, 3.8) is 0 Å². The molecule has 0 aliphatic carbocycles. The number of rotatable bonds is 5. The van der Waals surface area contributed by atoms with Gasteiger partial charge >= 0.3 is 0 Å². The summed E-state index contributed by atoms with van der Waals surface area (Å²) in [5, 5.41) is 0. The Morgan fingerprint density at radius 1 is 1.28 bits per heavy atom. The quantitative estimate of drug-likeness (QED) is 0.847. The zero-order valence-corrected chi connectivity index (χ0v) is 12.0. The van der Waals surface area contributed by atoms with E-state index < -0.39 is 0 Å². The normalized spacial score (nSPS) is 11.1. The zero-order valence-electron chi connectivity index (χ0n) is 10.4. The van der Waals surface area contributed by atoms with Crippen LogP contribution in [0.1, 0.15) is 10.4 Å². The van der Waals surface area contributed by atoms with Crippen molar-refractivity contribution in [3.8, 4) is 0 Å². The first-order valence-electron chi connectivity index (χ1n) is 5.90. The summed E-state index contributed by atoms with van der Waals surface area (Å²) >= 11 is 7.56. The molecule has 1 aromatic heterocycles. The van der Waals surface area contributed by atoms with Crippen LogP contribution in [0.3, 0.4) is 0 Å². The molecule has 0 amide bonds. The van der Waals surface area contributed by atoms with E-state index in [0.29, 0.717) is 0 Å². The second kappa shape index (κ2) is 6.23. The second-order valence-corrected chi connectivity index (χ2v) is 6.24. The molecule has 0 saturated carbocycles. The predicted molar refractivity (Wildman–Crippen MR) is 80.2 cm³/mol. The smallest absolute Gasteiger partial charge is 0.0931 e. The topological polar surface area (TPSA) is 29.3 Å². The molecule has 0 radical (unpaired) electrons. The number of halogens is 1. The highest BCUT2D eigenvalue weighted by Gasteiger charge is 2.03. The van der Waals surface area contributed by atoms with Gasteiger partial charge in [0.05, 0.1) is 4.34 Å². The van der Waals surface area contributed by atoms with E-state index in [-0.39, 0.29) is 0 Å². The molecule has 2 N–H and O–H groups in total. The van der Waals surface area contributed by atoms with Crippen LogP contribution in [-0.4, -0.2) is 18.5 Å². The SMILES string of the molecule is CN(CCc1cccc(N)c1)Cc1ccc(Cl)s1. The molecule has 1 aromatic carbocycles. The molecule has 2 rings (SSSR count). The monoisotopic (exact) mass is 280 g/mol. The number of nitrogens with zero attached hydrogens (tertiary/aromatic N) is 1. The van der Waals surface area contributed by atoms with Crippen molar-refractivity contribution in [1.29, 1.82) is 0 Å². The zero-order chi connectivity index (χ0) is 13.0. The highest BCUT2D eigenvalue weighted by Crippen LogP contribution is 2.22. The van der Waals surface area contributed by atoms with Crippen molar-refractivity contribution < 1.29 is 0 Å². The van der Waals surface area contributed by atoms with Gasteiger partial charge in [-0.1, -0.05) is 23.7 Å². The third-order valence-corrected chi connectivity index (χ3v) is 4.00. The van der Waals surface area contributed by atoms with Gasteiger partial charge in [0, 0.05) is 23.7 Å². The van der Waals surface area contributed by atoms with Gasteiger partial charge in [-0.15, -0.1) is 11.3 Å². The molecule has 0 fully saturated rings. The summed E-state index contributed by atoms with van der Waals surface area (Å²) in [4.78, 5) is 3.60. The average molecular weight is 281 g/mol. The van der Waals surface area contributed by atoms with Crippen molar-refractivity contribution in [3.05, 3.63) is 51.2 Å². The molecule has 2 nitrogen and oxygen atoms in total. The summed E-state index contributed by atoms with van der Waals surface area (Å²) in [6.07, 6.45) is 1.01. The molecule has 0 spiro atoms. The molecule has 18 heavy (non-hydrogen) atoms. The van der Waals surface area contributed by atoms with Gasteiger partial charge in [0.25, 0.3) is 0 Å². The van der Waals surface area contributed by atoms with Gasteiger partial charge in [-0.05, 0) is 43.3 Å². The van der Waals surface area contributed by atoms with Gasteiger partial charge in [0.15, 0.2) is 0 Å². The number of thiophene rings is 1. The maximum absolute atomic E-state index is 5.92. The Morgan fingerprint density at radius 3 is 2.78 bits per heavy atom. The van der Waals surface area contributed by atoms with Crippen LogP contribution in [0.2, 0.25) is 4.34 Å². The summed E-state index contributed by atoms with van der Waals surface area (Å²) in [6.45, 7) is 1.96. The maximum Gasteiger partial charge on any atom is 0.0931 e. The van der Waals surface area contributed by atoms with Crippen LogP contribution in [-0.2, 0) is 13.0 Å². The van der Waals surface area contributed by atoms with Crippen LogP contribution < -0.4 is 5.73 Å². The van der Waals surface area contributed by atoms with Crippen LogP contribution in [0.15, 0.2) is 36.4 Å². The molecular weight excluding hydrogens is 264 g/mol.